The van der Waals surface area contributed by atoms with Crippen LogP contribution < -0.4 is 4.74 Å². The first-order valence-corrected chi connectivity index (χ1v) is 9.58. The van der Waals surface area contributed by atoms with E-state index in [2.05, 4.69) is 47.2 Å². The van der Waals surface area contributed by atoms with Crippen LogP contribution in [0.15, 0.2) is 39.9 Å². The third-order valence-electron chi connectivity index (χ3n) is 3.63. The van der Waals surface area contributed by atoms with Gasteiger partial charge in [-0.05, 0) is 74.7 Å². The van der Waals surface area contributed by atoms with E-state index >= 15 is 0 Å². The Hall–Kier alpha value is -2.47. The summed E-state index contributed by atoms with van der Waals surface area (Å²) in [5.41, 5.74) is 2.45. The highest BCUT2D eigenvalue weighted by Crippen LogP contribution is 2.18. The zero-order valence-electron chi connectivity index (χ0n) is 15.3. The Bertz CT molecular complexity index is 863. The molecule has 136 valence electrons. The second-order valence-corrected chi connectivity index (χ2v) is 7.22. The van der Waals surface area contributed by atoms with Gasteiger partial charge in [0.2, 0.25) is 5.16 Å². The summed E-state index contributed by atoms with van der Waals surface area (Å²) in [6.45, 7) is 6.77. The average Bonchev–Trinajstić information content (AvgIpc) is 3.20. The highest BCUT2D eigenvalue weighted by atomic mass is 32.2. The van der Waals surface area contributed by atoms with Gasteiger partial charge in [0, 0.05) is 5.75 Å². The summed E-state index contributed by atoms with van der Waals surface area (Å²) in [6.07, 6.45) is 4.67. The van der Waals surface area contributed by atoms with Crippen LogP contribution in [0.4, 0.5) is 0 Å². The van der Waals surface area contributed by atoms with Crippen molar-refractivity contribution in [1.29, 1.82) is 0 Å². The van der Waals surface area contributed by atoms with Crippen LogP contribution in [0, 0.1) is 20.8 Å². The number of ether oxygens (including phenoxy) is 1. The lowest BCUT2D eigenvalue weighted by Crippen LogP contribution is -1.99. The molecule has 0 atom stereocenters. The minimum atomic E-state index is 0.685. The molecule has 0 aliphatic heterocycles. The van der Waals surface area contributed by atoms with Crippen LogP contribution in [0.3, 0.4) is 0 Å². The van der Waals surface area contributed by atoms with Gasteiger partial charge >= 0.3 is 0 Å². The predicted molar refractivity (Wildman–Crippen MR) is 106 cm³/mol. The van der Waals surface area contributed by atoms with Crippen LogP contribution in [0.25, 0.3) is 12.2 Å². The lowest BCUT2D eigenvalue weighted by Gasteiger charge is -2.07. The van der Waals surface area contributed by atoms with E-state index in [4.69, 9.17) is 9.15 Å². The lowest BCUT2D eigenvalue weighted by atomic mass is 10.1. The van der Waals surface area contributed by atoms with Crippen LogP contribution in [-0.4, -0.2) is 27.5 Å². The first-order chi connectivity index (χ1) is 12.6. The Morgan fingerprint density at radius 1 is 1.12 bits per heavy atom. The Morgan fingerprint density at radius 3 is 2.65 bits per heavy atom. The molecular weight excluding hydrogens is 346 g/mol. The van der Waals surface area contributed by atoms with Gasteiger partial charge in [0.1, 0.15) is 23.1 Å². The number of thioether (sulfide) groups is 1. The van der Waals surface area contributed by atoms with Crippen molar-refractivity contribution in [2.24, 2.45) is 0 Å². The zero-order valence-corrected chi connectivity index (χ0v) is 16.1. The van der Waals surface area contributed by atoms with Gasteiger partial charge in [0.25, 0.3) is 0 Å². The number of benzene rings is 1. The number of aryl methyl sites for hydroxylation is 3. The van der Waals surface area contributed by atoms with Gasteiger partial charge in [0.15, 0.2) is 0 Å². The second kappa shape index (κ2) is 8.76. The van der Waals surface area contributed by atoms with Gasteiger partial charge in [0.05, 0.1) is 6.61 Å². The number of nitrogens with one attached hydrogen (secondary N) is 1. The van der Waals surface area contributed by atoms with Crippen LogP contribution in [-0.2, 0) is 0 Å². The molecule has 3 rings (SSSR count). The minimum absolute atomic E-state index is 0.685. The van der Waals surface area contributed by atoms with Crippen LogP contribution in [0.1, 0.15) is 34.9 Å². The van der Waals surface area contributed by atoms with Gasteiger partial charge in [-0.1, -0.05) is 17.8 Å². The van der Waals surface area contributed by atoms with Gasteiger partial charge in [-0.15, -0.1) is 5.10 Å². The quantitative estimate of drug-likeness (QED) is 0.444. The Balaban J connectivity index is 1.40. The van der Waals surface area contributed by atoms with Gasteiger partial charge in [-0.2, -0.15) is 0 Å². The topological polar surface area (TPSA) is 63.9 Å². The molecule has 0 amide bonds. The van der Waals surface area contributed by atoms with E-state index in [1.807, 2.05) is 31.2 Å². The highest BCUT2D eigenvalue weighted by molar-refractivity contribution is 7.99. The molecule has 1 aromatic carbocycles. The molecule has 2 heterocycles. The lowest BCUT2D eigenvalue weighted by molar-refractivity contribution is 0.318. The van der Waals surface area contributed by atoms with Crippen molar-refractivity contribution in [3.05, 3.63) is 58.8 Å². The molecule has 0 aliphatic carbocycles. The molecule has 0 spiro atoms. The van der Waals surface area contributed by atoms with E-state index in [0.717, 1.165) is 34.6 Å². The number of nitrogens with zero attached hydrogens (tertiary/aromatic N) is 2. The van der Waals surface area contributed by atoms with Crippen molar-refractivity contribution < 1.29 is 9.15 Å². The molecule has 0 radical (unpaired) electrons. The van der Waals surface area contributed by atoms with Crippen LogP contribution >= 0.6 is 11.8 Å². The smallest absolute Gasteiger partial charge is 0.208 e. The SMILES string of the molecule is Cc1cc(C)cc(OCCCSc2n[nH]c(/C=C/c3ccc(C)o3)n2)c1. The van der Waals surface area contributed by atoms with Crippen molar-refractivity contribution in [2.75, 3.05) is 12.4 Å². The van der Waals surface area contributed by atoms with E-state index in [9.17, 15) is 0 Å². The summed E-state index contributed by atoms with van der Waals surface area (Å²) < 4.78 is 11.3. The third kappa shape index (κ3) is 5.52. The highest BCUT2D eigenvalue weighted by Gasteiger charge is 2.03. The number of aromatic amines is 1. The molecule has 0 bridgehead atoms. The van der Waals surface area contributed by atoms with E-state index in [0.29, 0.717) is 12.4 Å². The maximum absolute atomic E-state index is 5.82. The first-order valence-electron chi connectivity index (χ1n) is 8.59. The molecule has 0 fully saturated rings. The van der Waals surface area contributed by atoms with Gasteiger partial charge in [-0.25, -0.2) is 4.98 Å². The Kier molecular flexibility index (Phi) is 6.17. The fourth-order valence-corrected chi connectivity index (χ4v) is 3.25. The molecule has 26 heavy (non-hydrogen) atoms. The largest absolute Gasteiger partial charge is 0.494 e. The predicted octanol–water partition coefficient (Wildman–Crippen LogP) is 5.05. The molecule has 0 aliphatic rings. The number of hydrogen-bond acceptors (Lipinski definition) is 5. The number of hydrogen-bond donors (Lipinski definition) is 1. The molecule has 1 N–H and O–H groups in total. The Morgan fingerprint density at radius 2 is 1.92 bits per heavy atom. The molecule has 0 saturated heterocycles. The average molecular weight is 369 g/mol. The summed E-state index contributed by atoms with van der Waals surface area (Å²) in [6, 6.07) is 10.1. The molecular formula is C20H23N3O2S. The molecule has 0 unspecified atom stereocenters. The molecule has 0 saturated carbocycles. The van der Waals surface area contributed by atoms with Crippen LogP contribution in [0.2, 0.25) is 0 Å². The van der Waals surface area contributed by atoms with E-state index in [-0.39, 0.29) is 0 Å². The van der Waals surface area contributed by atoms with Gasteiger partial charge < -0.3 is 9.15 Å². The number of furan rings is 1. The fourth-order valence-electron chi connectivity index (χ4n) is 2.53. The van der Waals surface area contributed by atoms with Crippen molar-refractivity contribution >= 4 is 23.9 Å². The molecule has 3 aromatic rings. The summed E-state index contributed by atoms with van der Waals surface area (Å²) in [7, 11) is 0. The number of aromatic nitrogens is 3. The minimum Gasteiger partial charge on any atom is -0.494 e. The second-order valence-electron chi connectivity index (χ2n) is 6.16. The van der Waals surface area contributed by atoms with Crippen molar-refractivity contribution in [1.82, 2.24) is 15.2 Å². The standard InChI is InChI=1S/C20H23N3O2S/c1-14-11-15(2)13-18(12-14)24-9-4-10-26-20-21-19(22-23-20)8-7-17-6-5-16(3)25-17/h5-8,11-13H,4,9-10H2,1-3H3,(H,21,22,23)/b8-7+. The van der Waals surface area contributed by atoms with Crippen molar-refractivity contribution in [2.45, 2.75) is 32.3 Å². The first kappa shape index (κ1) is 18.3. The van der Waals surface area contributed by atoms with Crippen molar-refractivity contribution in [3.8, 4) is 5.75 Å². The normalized spacial score (nSPS) is 11.3. The van der Waals surface area contributed by atoms with Crippen molar-refractivity contribution in [3.63, 3.8) is 0 Å². The Labute approximate surface area is 157 Å². The summed E-state index contributed by atoms with van der Waals surface area (Å²) in [4.78, 5) is 4.44. The van der Waals surface area contributed by atoms with Crippen LogP contribution in [0.5, 0.6) is 5.75 Å². The molecule has 5 nitrogen and oxygen atoms in total. The summed E-state index contributed by atoms with van der Waals surface area (Å²) in [5, 5.41) is 7.88. The zero-order chi connectivity index (χ0) is 18.4. The van der Waals surface area contributed by atoms with E-state index in [1.54, 1.807) is 11.8 Å². The maximum Gasteiger partial charge on any atom is 0.208 e. The number of rotatable bonds is 8. The van der Waals surface area contributed by atoms with E-state index in [1.165, 1.54) is 11.1 Å². The monoisotopic (exact) mass is 369 g/mol. The third-order valence-corrected chi connectivity index (χ3v) is 4.57. The summed E-state index contributed by atoms with van der Waals surface area (Å²) >= 11 is 1.62. The van der Waals surface area contributed by atoms with E-state index < -0.39 is 0 Å². The molecule has 2 aromatic heterocycles. The fraction of sp³-hybridized carbons (Fsp3) is 0.300. The molecule has 6 heteroatoms. The van der Waals surface area contributed by atoms with Gasteiger partial charge in [-0.3, -0.25) is 5.10 Å². The summed E-state index contributed by atoms with van der Waals surface area (Å²) in [5.74, 6) is 4.25. The maximum atomic E-state index is 5.82. The number of H-pyrrole nitrogens is 1.